The molecule has 0 atom stereocenters. The zero-order valence-corrected chi connectivity index (χ0v) is 11.0. The van der Waals surface area contributed by atoms with Crippen molar-refractivity contribution in [1.29, 1.82) is 0 Å². The molecule has 0 aliphatic heterocycles. The highest BCUT2D eigenvalue weighted by molar-refractivity contribution is 7.89. The number of nitrogen functional groups attached to an aromatic ring is 1. The Morgan fingerprint density at radius 3 is 2.56 bits per heavy atom. The zero-order chi connectivity index (χ0) is 13.3. The maximum atomic E-state index is 12.2. The standard InChI is InChI=1S/C10H18N4O3S/c1-14-6-12-9(11)10(14)18(16,17)13-7-2-4-8(15)5-3-7/h6-8,13,15H,2-5,11H2,1H3. The van der Waals surface area contributed by atoms with Crippen LogP contribution in [0.2, 0.25) is 0 Å². The fourth-order valence-electron chi connectivity index (χ4n) is 2.23. The van der Waals surface area contributed by atoms with E-state index in [0.717, 1.165) is 0 Å². The molecule has 0 unspecified atom stereocenters. The summed E-state index contributed by atoms with van der Waals surface area (Å²) in [6, 6.07) is -0.146. The number of hydrogen-bond acceptors (Lipinski definition) is 5. The molecule has 1 fully saturated rings. The van der Waals surface area contributed by atoms with Gasteiger partial charge in [-0.2, -0.15) is 0 Å². The van der Waals surface area contributed by atoms with E-state index in [4.69, 9.17) is 5.73 Å². The number of aryl methyl sites for hydroxylation is 1. The number of aliphatic hydroxyl groups is 1. The van der Waals surface area contributed by atoms with Crippen LogP contribution in [0.1, 0.15) is 25.7 Å². The topological polar surface area (TPSA) is 110 Å². The number of nitrogens with zero attached hydrogens (tertiary/aromatic N) is 2. The first kappa shape index (κ1) is 13.3. The van der Waals surface area contributed by atoms with E-state index in [2.05, 4.69) is 9.71 Å². The largest absolute Gasteiger partial charge is 0.393 e. The fourth-order valence-corrected chi connectivity index (χ4v) is 3.77. The molecule has 2 rings (SSSR count). The minimum Gasteiger partial charge on any atom is -0.393 e. The number of nitrogens with two attached hydrogens (primary N) is 1. The van der Waals surface area contributed by atoms with Crippen molar-refractivity contribution in [2.24, 2.45) is 7.05 Å². The Morgan fingerprint density at radius 1 is 1.44 bits per heavy atom. The van der Waals surface area contributed by atoms with Crippen molar-refractivity contribution in [2.75, 3.05) is 5.73 Å². The van der Waals surface area contributed by atoms with Crippen molar-refractivity contribution in [3.05, 3.63) is 6.33 Å². The van der Waals surface area contributed by atoms with Gasteiger partial charge in [0.15, 0.2) is 10.8 Å². The number of nitrogens with one attached hydrogen (secondary N) is 1. The van der Waals surface area contributed by atoms with Crippen LogP contribution in [0.3, 0.4) is 0 Å². The molecule has 102 valence electrons. The van der Waals surface area contributed by atoms with Crippen LogP contribution in [0.4, 0.5) is 5.82 Å². The Labute approximate surface area is 106 Å². The lowest BCUT2D eigenvalue weighted by atomic mass is 9.94. The smallest absolute Gasteiger partial charge is 0.260 e. The molecule has 8 heteroatoms. The third-order valence-electron chi connectivity index (χ3n) is 3.18. The summed E-state index contributed by atoms with van der Waals surface area (Å²) in [6.07, 6.45) is 3.57. The van der Waals surface area contributed by atoms with Gasteiger partial charge in [0.1, 0.15) is 0 Å². The van der Waals surface area contributed by atoms with E-state index >= 15 is 0 Å². The van der Waals surface area contributed by atoms with Gasteiger partial charge in [-0.15, -0.1) is 0 Å². The van der Waals surface area contributed by atoms with Crippen LogP contribution >= 0.6 is 0 Å². The average molecular weight is 274 g/mol. The van der Waals surface area contributed by atoms with Crippen LogP contribution in [-0.4, -0.2) is 35.2 Å². The SMILES string of the molecule is Cn1cnc(N)c1S(=O)(=O)NC1CCC(O)CC1. The molecule has 0 saturated heterocycles. The highest BCUT2D eigenvalue weighted by Crippen LogP contribution is 2.22. The van der Waals surface area contributed by atoms with Gasteiger partial charge in [-0.25, -0.2) is 18.1 Å². The molecule has 1 aliphatic carbocycles. The first-order valence-corrected chi connectivity index (χ1v) is 7.35. The molecular weight excluding hydrogens is 256 g/mol. The Kier molecular flexibility index (Phi) is 3.60. The van der Waals surface area contributed by atoms with Crippen LogP contribution in [-0.2, 0) is 17.1 Å². The van der Waals surface area contributed by atoms with Crippen molar-refractivity contribution in [1.82, 2.24) is 14.3 Å². The Hall–Kier alpha value is -1.12. The number of anilines is 1. The maximum Gasteiger partial charge on any atom is 0.260 e. The van der Waals surface area contributed by atoms with E-state index in [1.165, 1.54) is 10.9 Å². The van der Waals surface area contributed by atoms with Gasteiger partial charge in [0.25, 0.3) is 10.0 Å². The summed E-state index contributed by atoms with van der Waals surface area (Å²) in [7, 11) is -2.07. The van der Waals surface area contributed by atoms with Crippen LogP contribution in [0.5, 0.6) is 0 Å². The molecule has 0 bridgehead atoms. The summed E-state index contributed by atoms with van der Waals surface area (Å²) in [6.45, 7) is 0. The van der Waals surface area contributed by atoms with Gasteiger partial charge in [0.2, 0.25) is 0 Å². The molecule has 1 heterocycles. The number of sulfonamides is 1. The molecule has 4 N–H and O–H groups in total. The average Bonchev–Trinajstić information content (AvgIpc) is 2.62. The van der Waals surface area contributed by atoms with Crippen LogP contribution in [0.15, 0.2) is 11.4 Å². The molecule has 0 amide bonds. The molecule has 0 spiro atoms. The van der Waals surface area contributed by atoms with E-state index < -0.39 is 10.0 Å². The molecule has 0 aromatic carbocycles. The van der Waals surface area contributed by atoms with Gasteiger partial charge in [-0.1, -0.05) is 0 Å². The van der Waals surface area contributed by atoms with E-state index in [1.807, 2.05) is 0 Å². The third kappa shape index (κ3) is 2.65. The molecule has 1 aliphatic rings. The van der Waals surface area contributed by atoms with Crippen molar-refractivity contribution in [2.45, 2.75) is 42.9 Å². The number of imidazole rings is 1. The molecule has 1 aromatic heterocycles. The summed E-state index contributed by atoms with van der Waals surface area (Å²) < 4.78 is 28.3. The van der Waals surface area contributed by atoms with Crippen molar-refractivity contribution < 1.29 is 13.5 Å². The summed E-state index contributed by atoms with van der Waals surface area (Å²) >= 11 is 0. The van der Waals surface area contributed by atoms with Gasteiger partial charge in [-0.05, 0) is 25.7 Å². The molecular formula is C10H18N4O3S. The Morgan fingerprint density at radius 2 is 2.06 bits per heavy atom. The Bertz CT molecular complexity index is 498. The van der Waals surface area contributed by atoms with E-state index in [-0.39, 0.29) is 23.0 Å². The maximum absolute atomic E-state index is 12.2. The molecule has 0 radical (unpaired) electrons. The summed E-state index contributed by atoms with van der Waals surface area (Å²) in [4.78, 5) is 3.77. The Balaban J connectivity index is 2.13. The van der Waals surface area contributed by atoms with Gasteiger partial charge >= 0.3 is 0 Å². The zero-order valence-electron chi connectivity index (χ0n) is 10.2. The molecule has 7 nitrogen and oxygen atoms in total. The second-order valence-electron chi connectivity index (χ2n) is 4.67. The highest BCUT2D eigenvalue weighted by Gasteiger charge is 2.28. The van der Waals surface area contributed by atoms with Crippen molar-refractivity contribution in [3.8, 4) is 0 Å². The number of hydrogen-bond donors (Lipinski definition) is 3. The second-order valence-corrected chi connectivity index (χ2v) is 6.30. The van der Waals surface area contributed by atoms with Crippen LogP contribution in [0.25, 0.3) is 0 Å². The van der Waals surface area contributed by atoms with E-state index in [9.17, 15) is 13.5 Å². The number of aromatic nitrogens is 2. The minimum atomic E-state index is -3.65. The lowest BCUT2D eigenvalue weighted by molar-refractivity contribution is 0.120. The highest BCUT2D eigenvalue weighted by atomic mass is 32.2. The van der Waals surface area contributed by atoms with Gasteiger partial charge in [-0.3, -0.25) is 0 Å². The summed E-state index contributed by atoms with van der Waals surface area (Å²) in [5.74, 6) is 0.000782. The van der Waals surface area contributed by atoms with Gasteiger partial charge in [0, 0.05) is 13.1 Å². The summed E-state index contributed by atoms with van der Waals surface area (Å²) in [5, 5.41) is 9.38. The first-order valence-electron chi connectivity index (χ1n) is 5.87. The minimum absolute atomic E-state index is 0.000782. The van der Waals surface area contributed by atoms with Gasteiger partial charge in [0.05, 0.1) is 12.4 Å². The fraction of sp³-hybridized carbons (Fsp3) is 0.700. The molecule has 1 saturated carbocycles. The van der Waals surface area contributed by atoms with E-state index in [1.54, 1.807) is 7.05 Å². The lowest BCUT2D eigenvalue weighted by Crippen LogP contribution is -2.39. The van der Waals surface area contributed by atoms with Crippen molar-refractivity contribution >= 4 is 15.8 Å². The normalized spacial score (nSPS) is 25.2. The molecule has 1 aromatic rings. The molecule has 18 heavy (non-hydrogen) atoms. The predicted octanol–water partition coefficient (Wildman–Crippen LogP) is -0.416. The van der Waals surface area contributed by atoms with E-state index in [0.29, 0.717) is 25.7 Å². The third-order valence-corrected chi connectivity index (χ3v) is 4.83. The first-order chi connectivity index (χ1) is 8.40. The number of rotatable bonds is 3. The van der Waals surface area contributed by atoms with Crippen molar-refractivity contribution in [3.63, 3.8) is 0 Å². The predicted molar refractivity (Wildman–Crippen MR) is 66.2 cm³/mol. The monoisotopic (exact) mass is 274 g/mol. The summed E-state index contributed by atoms with van der Waals surface area (Å²) in [5.41, 5.74) is 5.56. The number of aliphatic hydroxyl groups excluding tert-OH is 1. The van der Waals surface area contributed by atoms with Crippen LogP contribution < -0.4 is 10.5 Å². The van der Waals surface area contributed by atoms with Crippen LogP contribution in [0, 0.1) is 0 Å². The lowest BCUT2D eigenvalue weighted by Gasteiger charge is -2.25. The van der Waals surface area contributed by atoms with Gasteiger partial charge < -0.3 is 15.4 Å². The second kappa shape index (κ2) is 4.87. The quantitative estimate of drug-likeness (QED) is 0.693.